The molecule has 0 aromatic carbocycles. The van der Waals surface area contributed by atoms with Gasteiger partial charge in [-0.15, -0.1) is 0 Å². The predicted molar refractivity (Wildman–Crippen MR) is 93.9 cm³/mol. The highest BCUT2D eigenvalue weighted by atomic mass is 16.5. The van der Waals surface area contributed by atoms with Gasteiger partial charge in [-0.25, -0.2) is 0 Å². The minimum atomic E-state index is -0.506. The average molecular weight is 341 g/mol. The second-order valence-corrected chi connectivity index (χ2v) is 7.16. The van der Waals surface area contributed by atoms with Gasteiger partial charge in [0, 0.05) is 24.2 Å². The second kappa shape index (κ2) is 6.17. The van der Waals surface area contributed by atoms with Gasteiger partial charge in [-0.3, -0.25) is 14.6 Å². The summed E-state index contributed by atoms with van der Waals surface area (Å²) >= 11 is 0. The van der Waals surface area contributed by atoms with Crippen LogP contribution in [0.4, 0.5) is 5.69 Å². The molecule has 0 aliphatic heterocycles. The molecule has 4 rings (SSSR count). The molecule has 0 radical (unpaired) electrons. The summed E-state index contributed by atoms with van der Waals surface area (Å²) in [6.45, 7) is 2.22. The van der Waals surface area contributed by atoms with E-state index in [0.717, 1.165) is 42.6 Å². The molecular weight excluding hydrogens is 318 g/mol. The molecule has 3 N–H and O–H groups in total. The first-order valence-corrected chi connectivity index (χ1v) is 9.01. The Bertz CT molecular complexity index is 759. The van der Waals surface area contributed by atoms with Crippen LogP contribution in [-0.4, -0.2) is 29.5 Å². The number of hydrogen-bond donors (Lipinski definition) is 2. The molecule has 1 amide bonds. The summed E-state index contributed by atoms with van der Waals surface area (Å²) in [5.41, 5.74) is 8.52. The van der Waals surface area contributed by atoms with Crippen LogP contribution in [0.5, 0.6) is 0 Å². The van der Waals surface area contributed by atoms with Gasteiger partial charge in [-0.2, -0.15) is 0 Å². The number of ether oxygens (including phenoxy) is 1. The summed E-state index contributed by atoms with van der Waals surface area (Å²) in [5.74, 6) is -0.00466. The lowest BCUT2D eigenvalue weighted by Crippen LogP contribution is -2.41. The smallest absolute Gasteiger partial charge is 0.311 e. The monoisotopic (exact) mass is 341 g/mol. The Kier molecular flexibility index (Phi) is 3.98. The number of allylic oxidation sites excluding steroid dienone is 1. The highest BCUT2D eigenvalue weighted by Gasteiger charge is 2.52. The minimum Gasteiger partial charge on any atom is -0.466 e. The molecule has 0 spiro atoms. The van der Waals surface area contributed by atoms with Crippen molar-refractivity contribution < 1.29 is 14.3 Å². The van der Waals surface area contributed by atoms with Crippen molar-refractivity contribution in [1.29, 1.82) is 0 Å². The molecule has 2 fully saturated rings. The molecule has 25 heavy (non-hydrogen) atoms. The van der Waals surface area contributed by atoms with Crippen molar-refractivity contribution >= 4 is 23.6 Å². The minimum absolute atomic E-state index is 0.0172. The Morgan fingerprint density at radius 2 is 2.16 bits per heavy atom. The van der Waals surface area contributed by atoms with Crippen molar-refractivity contribution in [3.8, 4) is 0 Å². The van der Waals surface area contributed by atoms with Crippen LogP contribution in [0, 0.1) is 17.8 Å². The predicted octanol–water partition coefficient (Wildman–Crippen LogP) is 2.14. The van der Waals surface area contributed by atoms with Crippen molar-refractivity contribution in [3.05, 3.63) is 29.1 Å². The first-order chi connectivity index (χ1) is 12.1. The van der Waals surface area contributed by atoms with Gasteiger partial charge in [-0.1, -0.05) is 12.2 Å². The molecule has 132 valence electrons. The normalized spacial score (nSPS) is 28.8. The molecule has 2 bridgehead atoms. The number of pyridine rings is 1. The van der Waals surface area contributed by atoms with Crippen LogP contribution in [0.1, 0.15) is 47.8 Å². The van der Waals surface area contributed by atoms with Crippen LogP contribution >= 0.6 is 0 Å². The Morgan fingerprint density at radius 3 is 2.92 bits per heavy atom. The van der Waals surface area contributed by atoms with Crippen LogP contribution in [0.2, 0.25) is 0 Å². The zero-order valence-electron chi connectivity index (χ0n) is 14.3. The van der Waals surface area contributed by atoms with Crippen LogP contribution in [0.3, 0.4) is 0 Å². The van der Waals surface area contributed by atoms with Crippen LogP contribution in [-0.2, 0) is 16.0 Å². The van der Waals surface area contributed by atoms with Gasteiger partial charge in [0.05, 0.1) is 29.5 Å². The third kappa shape index (κ3) is 2.60. The molecule has 2 saturated carbocycles. The van der Waals surface area contributed by atoms with Gasteiger partial charge >= 0.3 is 5.97 Å². The number of nitrogens with two attached hydrogens (primary N) is 1. The Labute approximate surface area is 146 Å². The lowest BCUT2D eigenvalue weighted by molar-refractivity contribution is -0.150. The largest absolute Gasteiger partial charge is 0.466 e. The number of primary amides is 1. The SMILES string of the molecule is CCOC(=O)[C@@H]1[C@H]2CC[C@H](C2)[C@@H]1Nc1c(C(N)=O)cnc2c1C=CC2. The van der Waals surface area contributed by atoms with Gasteiger partial charge in [-0.05, 0) is 38.0 Å². The molecule has 6 nitrogen and oxygen atoms in total. The number of carbonyl (C=O) groups is 2. The van der Waals surface area contributed by atoms with Crippen LogP contribution < -0.4 is 11.1 Å². The summed E-state index contributed by atoms with van der Waals surface area (Å²) in [6.07, 6.45) is 9.51. The second-order valence-electron chi connectivity index (χ2n) is 7.16. The van der Waals surface area contributed by atoms with E-state index in [1.807, 2.05) is 19.1 Å². The maximum Gasteiger partial charge on any atom is 0.311 e. The van der Waals surface area contributed by atoms with E-state index in [1.165, 1.54) is 0 Å². The molecule has 6 heteroatoms. The summed E-state index contributed by atoms with van der Waals surface area (Å²) in [7, 11) is 0. The van der Waals surface area contributed by atoms with E-state index >= 15 is 0 Å². The van der Waals surface area contributed by atoms with E-state index in [0.29, 0.717) is 24.0 Å². The summed E-state index contributed by atoms with van der Waals surface area (Å²) in [6, 6.07) is -0.0172. The van der Waals surface area contributed by atoms with Crippen molar-refractivity contribution in [3.63, 3.8) is 0 Å². The molecule has 0 unspecified atom stereocenters. The highest BCUT2D eigenvalue weighted by molar-refractivity contribution is 6.00. The highest BCUT2D eigenvalue weighted by Crippen LogP contribution is 2.50. The van der Waals surface area contributed by atoms with Crippen molar-refractivity contribution in [1.82, 2.24) is 4.98 Å². The number of carbonyl (C=O) groups excluding carboxylic acids is 2. The van der Waals surface area contributed by atoms with Gasteiger partial charge in [0.2, 0.25) is 0 Å². The zero-order chi connectivity index (χ0) is 17.6. The lowest BCUT2D eigenvalue weighted by atomic mass is 9.84. The van der Waals surface area contributed by atoms with E-state index in [-0.39, 0.29) is 17.9 Å². The van der Waals surface area contributed by atoms with E-state index in [2.05, 4.69) is 10.3 Å². The molecule has 1 heterocycles. The van der Waals surface area contributed by atoms with Gasteiger partial charge in [0.15, 0.2) is 0 Å². The number of anilines is 1. The quantitative estimate of drug-likeness (QED) is 0.800. The number of fused-ring (bicyclic) bond motifs is 3. The third-order valence-corrected chi connectivity index (χ3v) is 5.85. The topological polar surface area (TPSA) is 94.3 Å². The van der Waals surface area contributed by atoms with E-state index in [4.69, 9.17) is 10.5 Å². The number of hydrogen-bond acceptors (Lipinski definition) is 5. The molecule has 3 aliphatic carbocycles. The number of esters is 1. The number of aromatic nitrogens is 1. The maximum absolute atomic E-state index is 12.5. The average Bonchev–Trinajstić information content (AvgIpc) is 3.30. The van der Waals surface area contributed by atoms with Crippen LogP contribution in [0.25, 0.3) is 6.08 Å². The molecule has 4 atom stereocenters. The van der Waals surface area contributed by atoms with Gasteiger partial charge in [0.25, 0.3) is 5.91 Å². The summed E-state index contributed by atoms with van der Waals surface area (Å²) < 4.78 is 5.32. The fraction of sp³-hybridized carbons (Fsp3) is 0.526. The van der Waals surface area contributed by atoms with Gasteiger partial charge in [0.1, 0.15) is 0 Å². The van der Waals surface area contributed by atoms with Crippen LogP contribution in [0.15, 0.2) is 12.3 Å². The maximum atomic E-state index is 12.5. The van der Waals surface area contributed by atoms with Gasteiger partial charge < -0.3 is 15.8 Å². The van der Waals surface area contributed by atoms with Crippen molar-refractivity contribution in [2.45, 2.75) is 38.6 Å². The third-order valence-electron chi connectivity index (χ3n) is 5.85. The van der Waals surface area contributed by atoms with E-state index in [9.17, 15) is 9.59 Å². The Hall–Kier alpha value is -2.37. The fourth-order valence-corrected chi connectivity index (χ4v) is 4.78. The van der Waals surface area contributed by atoms with E-state index < -0.39 is 5.91 Å². The lowest BCUT2D eigenvalue weighted by Gasteiger charge is -2.32. The first-order valence-electron chi connectivity index (χ1n) is 9.01. The molecule has 0 saturated heterocycles. The summed E-state index contributed by atoms with van der Waals surface area (Å²) in [4.78, 5) is 28.8. The molecule has 1 aromatic heterocycles. The molecule has 1 aromatic rings. The fourth-order valence-electron chi connectivity index (χ4n) is 4.78. The first kappa shape index (κ1) is 16.1. The number of amides is 1. The van der Waals surface area contributed by atoms with E-state index in [1.54, 1.807) is 6.20 Å². The van der Waals surface area contributed by atoms with Crippen molar-refractivity contribution in [2.75, 3.05) is 11.9 Å². The zero-order valence-corrected chi connectivity index (χ0v) is 14.3. The molecule has 3 aliphatic rings. The Balaban J connectivity index is 1.69. The number of nitrogens with zero attached hydrogens (tertiary/aromatic N) is 1. The van der Waals surface area contributed by atoms with Crippen molar-refractivity contribution in [2.24, 2.45) is 23.5 Å². The molecular formula is C19H23N3O3. The summed E-state index contributed by atoms with van der Waals surface area (Å²) in [5, 5.41) is 3.52. The number of nitrogens with one attached hydrogen (secondary N) is 1. The Morgan fingerprint density at radius 1 is 1.36 bits per heavy atom. The number of rotatable bonds is 5. The standard InChI is InChI=1S/C19H23N3O3/c1-2-25-19(24)15-10-6-7-11(8-10)16(15)22-17-12-4-3-5-14(12)21-9-13(17)18(20)23/h3-4,9-11,15-16H,2,5-8H2,1H3,(H2,20,23)(H,21,22)/t10-,11+,15+,16-/m0/s1.